The highest BCUT2D eigenvalue weighted by atomic mass is 32.2. The van der Waals surface area contributed by atoms with E-state index in [1.165, 1.54) is 0 Å². The Bertz CT molecular complexity index is 1020. The van der Waals surface area contributed by atoms with Crippen LogP contribution < -0.4 is 0 Å². The second kappa shape index (κ2) is 8.83. The predicted octanol–water partition coefficient (Wildman–Crippen LogP) is 2.85. The topological polar surface area (TPSA) is 104 Å². The summed E-state index contributed by atoms with van der Waals surface area (Å²) < 4.78 is 32.2. The normalized spacial score (nSPS) is 21.7. The van der Waals surface area contributed by atoms with E-state index in [2.05, 4.69) is 22.0 Å². The van der Waals surface area contributed by atoms with E-state index in [0.717, 1.165) is 28.9 Å². The molecule has 3 rings (SSSR count). The minimum atomic E-state index is -3.38. The smallest absolute Gasteiger partial charge is 0.306 e. The van der Waals surface area contributed by atoms with Crippen molar-refractivity contribution in [2.45, 2.75) is 70.6 Å². The summed E-state index contributed by atoms with van der Waals surface area (Å²) in [7, 11) is -3.38. The number of carbonyl (C=O) groups is 1. The molecule has 0 radical (unpaired) electrons. The first-order valence-corrected chi connectivity index (χ1v) is 12.1. The van der Waals surface area contributed by atoms with Gasteiger partial charge in [-0.1, -0.05) is 6.92 Å². The first kappa shape index (κ1) is 22.4. The van der Waals surface area contributed by atoms with Gasteiger partial charge in [-0.25, -0.2) is 18.4 Å². The van der Waals surface area contributed by atoms with Crippen LogP contribution in [0.2, 0.25) is 0 Å². The maximum absolute atomic E-state index is 12.7. The van der Waals surface area contributed by atoms with Crippen LogP contribution in [0.5, 0.6) is 0 Å². The monoisotopic (exact) mass is 434 g/mol. The summed E-state index contributed by atoms with van der Waals surface area (Å²) >= 11 is 0. The van der Waals surface area contributed by atoms with Crippen LogP contribution in [0.1, 0.15) is 57.7 Å². The molecule has 9 heteroatoms. The third kappa shape index (κ3) is 4.55. The number of carbonyl (C=O) groups excluding carboxylic acids is 1. The third-order valence-electron chi connectivity index (χ3n) is 6.01. The highest BCUT2D eigenvalue weighted by molar-refractivity contribution is 7.92. The molecule has 8 nitrogen and oxygen atoms in total. The zero-order valence-corrected chi connectivity index (χ0v) is 18.9. The summed E-state index contributed by atoms with van der Waals surface area (Å²) in [4.78, 5) is 20.3. The summed E-state index contributed by atoms with van der Waals surface area (Å²) in [5.74, 6) is -0.637. The van der Waals surface area contributed by atoms with Crippen molar-refractivity contribution in [1.82, 2.24) is 19.7 Å². The summed E-state index contributed by atoms with van der Waals surface area (Å²) in [6.07, 6.45) is 7.78. The lowest BCUT2D eigenvalue weighted by Gasteiger charge is -2.25. The minimum absolute atomic E-state index is 0.0952. The van der Waals surface area contributed by atoms with Gasteiger partial charge in [0.1, 0.15) is 6.33 Å². The summed E-state index contributed by atoms with van der Waals surface area (Å²) in [5.41, 5.74) is 3.41. The quantitative estimate of drug-likeness (QED) is 0.588. The second-order valence-corrected chi connectivity index (χ2v) is 10.5. The zero-order chi connectivity index (χ0) is 21.9. The van der Waals surface area contributed by atoms with Crippen molar-refractivity contribution in [2.24, 2.45) is 0 Å². The maximum atomic E-state index is 12.7. The number of ether oxygens (including phenoxy) is 1. The second-order valence-electron chi connectivity index (χ2n) is 8.10. The Labute approximate surface area is 178 Å². The largest absolute Gasteiger partial charge is 0.466 e. The highest BCUT2D eigenvalue weighted by Gasteiger charge is 2.43. The van der Waals surface area contributed by atoms with Gasteiger partial charge >= 0.3 is 5.97 Å². The molecule has 2 aromatic rings. The Kier molecular flexibility index (Phi) is 6.59. The van der Waals surface area contributed by atoms with E-state index in [0.29, 0.717) is 19.3 Å². The predicted molar refractivity (Wildman–Crippen MR) is 114 cm³/mol. The average Bonchev–Trinajstić information content (AvgIpc) is 3.36. The summed E-state index contributed by atoms with van der Waals surface area (Å²) in [5, 5.41) is 4.07. The fraction of sp³-hybridized carbons (Fsp3) is 0.619. The number of hydrogen-bond acceptors (Lipinski definition) is 7. The van der Waals surface area contributed by atoms with E-state index < -0.39 is 26.6 Å². The number of esters is 1. The first-order chi connectivity index (χ1) is 14.2. The van der Waals surface area contributed by atoms with Crippen molar-refractivity contribution in [2.75, 3.05) is 12.4 Å². The number of nitrogens with zero attached hydrogens (tertiary/aromatic N) is 4. The van der Waals surface area contributed by atoms with Gasteiger partial charge in [0.15, 0.2) is 9.84 Å². The fourth-order valence-corrected chi connectivity index (χ4v) is 6.06. The third-order valence-corrected chi connectivity index (χ3v) is 8.20. The molecular formula is C21H30N4O4S. The molecule has 2 heterocycles. The number of aromatic nitrogens is 4. The Hall–Kier alpha value is -2.29. The summed E-state index contributed by atoms with van der Waals surface area (Å²) in [6, 6.07) is 0. The Morgan fingerprint density at radius 3 is 2.80 bits per heavy atom. The highest BCUT2D eigenvalue weighted by Crippen LogP contribution is 2.40. The molecule has 0 bridgehead atoms. The molecule has 1 saturated carbocycles. The van der Waals surface area contributed by atoms with Crippen molar-refractivity contribution in [3.8, 4) is 11.3 Å². The van der Waals surface area contributed by atoms with Crippen LogP contribution in [0.4, 0.5) is 0 Å². The van der Waals surface area contributed by atoms with Gasteiger partial charge in [-0.05, 0) is 52.0 Å². The number of aryl methyl sites for hydroxylation is 1. The molecular weight excluding hydrogens is 404 g/mol. The van der Waals surface area contributed by atoms with Gasteiger partial charge in [0.05, 0.1) is 41.5 Å². The van der Waals surface area contributed by atoms with Crippen LogP contribution in [0.3, 0.4) is 0 Å². The first-order valence-electron chi connectivity index (χ1n) is 10.4. The molecule has 0 N–H and O–H groups in total. The lowest BCUT2D eigenvalue weighted by molar-refractivity contribution is -0.142. The molecule has 2 aromatic heterocycles. The van der Waals surface area contributed by atoms with Gasteiger partial charge in [-0.2, -0.15) is 5.10 Å². The van der Waals surface area contributed by atoms with Crippen molar-refractivity contribution < 1.29 is 17.9 Å². The van der Waals surface area contributed by atoms with E-state index in [-0.39, 0.29) is 18.8 Å². The summed E-state index contributed by atoms with van der Waals surface area (Å²) in [6.45, 7) is 8.07. The molecule has 1 aliphatic carbocycles. The number of sulfone groups is 1. The van der Waals surface area contributed by atoms with E-state index in [1.807, 2.05) is 24.7 Å². The Morgan fingerprint density at radius 2 is 2.10 bits per heavy atom. The van der Waals surface area contributed by atoms with Crippen LogP contribution in [0, 0.1) is 6.92 Å². The molecule has 1 aliphatic rings. The van der Waals surface area contributed by atoms with Gasteiger partial charge in [-0.15, -0.1) is 0 Å². The fourth-order valence-electron chi connectivity index (χ4n) is 4.18. The van der Waals surface area contributed by atoms with Gasteiger partial charge in [0.25, 0.3) is 0 Å². The van der Waals surface area contributed by atoms with Crippen LogP contribution in [-0.2, 0) is 31.3 Å². The Balaban J connectivity index is 1.75. The average molecular weight is 435 g/mol. The molecule has 0 aromatic carbocycles. The number of rotatable bonds is 8. The zero-order valence-electron chi connectivity index (χ0n) is 18.1. The van der Waals surface area contributed by atoms with Gasteiger partial charge in [0, 0.05) is 17.5 Å². The lowest BCUT2D eigenvalue weighted by Crippen LogP contribution is -2.30. The SMILES string of the molecule is CCOC(=O)CCS(=O)(=O)C1CCC(C)(n2cc(-c3ncnc(CC)c3C)cn2)C1. The van der Waals surface area contributed by atoms with Gasteiger partial charge in [0.2, 0.25) is 0 Å². The molecule has 1 fully saturated rings. The van der Waals surface area contributed by atoms with Crippen LogP contribution in [0.25, 0.3) is 11.3 Å². The minimum Gasteiger partial charge on any atom is -0.466 e. The number of hydrogen-bond donors (Lipinski definition) is 0. The molecule has 0 spiro atoms. The molecule has 2 unspecified atom stereocenters. The van der Waals surface area contributed by atoms with Crippen LogP contribution in [0.15, 0.2) is 18.7 Å². The van der Waals surface area contributed by atoms with Crippen molar-refractivity contribution in [3.63, 3.8) is 0 Å². The molecule has 0 saturated heterocycles. The van der Waals surface area contributed by atoms with E-state index >= 15 is 0 Å². The molecule has 0 amide bonds. The van der Waals surface area contributed by atoms with Gasteiger partial charge in [-0.3, -0.25) is 9.48 Å². The van der Waals surface area contributed by atoms with Gasteiger partial charge < -0.3 is 4.74 Å². The van der Waals surface area contributed by atoms with E-state index in [9.17, 15) is 13.2 Å². The molecule has 0 aliphatic heterocycles. The molecule has 164 valence electrons. The molecule has 2 atom stereocenters. The van der Waals surface area contributed by atoms with Crippen LogP contribution in [-0.4, -0.2) is 51.7 Å². The van der Waals surface area contributed by atoms with E-state index in [4.69, 9.17) is 4.74 Å². The van der Waals surface area contributed by atoms with Crippen molar-refractivity contribution in [3.05, 3.63) is 30.0 Å². The standard InChI is InChI=1S/C21H30N4O4S/c1-5-18-15(3)20(23-14-22-18)16-12-24-25(13-16)21(4)9-7-17(11-21)30(27,28)10-8-19(26)29-6-2/h12-14,17H,5-11H2,1-4H3. The van der Waals surface area contributed by atoms with Crippen molar-refractivity contribution in [1.29, 1.82) is 0 Å². The molecule has 30 heavy (non-hydrogen) atoms. The van der Waals surface area contributed by atoms with E-state index in [1.54, 1.807) is 19.4 Å². The lowest BCUT2D eigenvalue weighted by atomic mass is 10.0. The maximum Gasteiger partial charge on any atom is 0.306 e. The van der Waals surface area contributed by atoms with Crippen LogP contribution >= 0.6 is 0 Å². The Morgan fingerprint density at radius 1 is 1.33 bits per heavy atom. The van der Waals surface area contributed by atoms with Crippen molar-refractivity contribution >= 4 is 15.8 Å².